The molecule has 2 heterocycles. The number of aromatic hydroxyl groups is 1. The van der Waals surface area contributed by atoms with Crippen LogP contribution in [0.2, 0.25) is 0 Å². The van der Waals surface area contributed by atoms with E-state index in [1.165, 1.54) is 17.0 Å². The van der Waals surface area contributed by atoms with E-state index in [1.54, 1.807) is 68.1 Å². The molecule has 28 heteroatoms. The molecule has 2 aliphatic rings. The van der Waals surface area contributed by atoms with Crippen molar-refractivity contribution < 1.29 is 72.1 Å². The minimum absolute atomic E-state index is 0.00852. The third kappa shape index (κ3) is 24.9. The number of nitrogens with two attached hydrogens (primary N) is 3. The SMILES string of the molecule is CCC(C)C(NC(=O)C(Cc1ccc(O)cc1)NC(=O)C1CCCC(c2ccc(Oc3ccccc3)cc2)SC1)C(=O)NC(CCC(N)=O)C(=O)NC(CC(N)=O)C(=O)NC(CSCC(=O)OCc1ccccc1)C(=O)N1CCCC1C(=O)NC(CC(C)C)C(=O)NCC(N)=O. The quantitative estimate of drug-likeness (QED) is 0.0291. The van der Waals surface area contributed by atoms with Gasteiger partial charge in [-0.25, -0.2) is 0 Å². The number of nitrogens with one attached hydrogen (secondary N) is 7. The summed E-state index contributed by atoms with van der Waals surface area (Å²) in [6, 6.07) is 22.1. The Kier molecular flexibility index (Phi) is 30.3. The van der Waals surface area contributed by atoms with E-state index in [4.69, 9.17) is 26.7 Å². The fourth-order valence-electron chi connectivity index (χ4n) is 10.9. The maximum absolute atomic E-state index is 14.7. The molecule has 0 spiro atoms. The van der Waals surface area contributed by atoms with Gasteiger partial charge in [-0.15, -0.1) is 11.8 Å². The third-order valence-electron chi connectivity index (χ3n) is 16.2. The Balaban J connectivity index is 1.18. The van der Waals surface area contributed by atoms with Crippen molar-refractivity contribution in [3.63, 3.8) is 0 Å². The van der Waals surface area contributed by atoms with E-state index in [0.29, 0.717) is 54.1 Å². The van der Waals surface area contributed by atoms with Gasteiger partial charge in [0, 0.05) is 42.1 Å². The highest BCUT2D eigenvalue weighted by Gasteiger charge is 2.41. The average molecular weight is 1360 g/mol. The van der Waals surface area contributed by atoms with Crippen molar-refractivity contribution in [1.82, 2.24) is 42.1 Å². The van der Waals surface area contributed by atoms with Gasteiger partial charge < -0.3 is 73.9 Å². The van der Waals surface area contributed by atoms with Crippen molar-refractivity contribution >= 4 is 94.5 Å². The molecule has 2 fully saturated rings. The molecule has 0 bridgehead atoms. The van der Waals surface area contributed by atoms with Crippen LogP contribution in [-0.4, -0.2) is 154 Å². The van der Waals surface area contributed by atoms with E-state index < -0.39 is 145 Å². The Labute approximate surface area is 566 Å². The zero-order valence-corrected chi connectivity index (χ0v) is 56.1. The number of para-hydroxylation sites is 1. The molecular formula is C68H89N11O15S2. The van der Waals surface area contributed by atoms with Gasteiger partial charge in [0.1, 0.15) is 66.1 Å². The Bertz CT molecular complexity index is 3310. The Morgan fingerprint density at radius 3 is 1.90 bits per heavy atom. The van der Waals surface area contributed by atoms with Gasteiger partial charge in [0.05, 0.1) is 18.7 Å². The molecule has 14 N–H and O–H groups in total. The van der Waals surface area contributed by atoms with E-state index >= 15 is 0 Å². The summed E-state index contributed by atoms with van der Waals surface area (Å²) in [7, 11) is 0. The predicted molar refractivity (Wildman–Crippen MR) is 361 cm³/mol. The van der Waals surface area contributed by atoms with Crippen LogP contribution in [0.15, 0.2) is 109 Å². The number of phenols is 1. The second kappa shape index (κ2) is 38.4. The third-order valence-corrected chi connectivity index (χ3v) is 18.8. The van der Waals surface area contributed by atoms with Gasteiger partial charge >= 0.3 is 5.97 Å². The van der Waals surface area contributed by atoms with Crippen LogP contribution in [0.3, 0.4) is 0 Å². The lowest BCUT2D eigenvalue weighted by molar-refractivity contribution is -0.142. The number of hydrogen-bond acceptors (Lipinski definition) is 17. The van der Waals surface area contributed by atoms with Gasteiger partial charge in [0.25, 0.3) is 0 Å². The summed E-state index contributed by atoms with van der Waals surface area (Å²) in [6.45, 7) is 6.51. The van der Waals surface area contributed by atoms with E-state index in [9.17, 15) is 62.6 Å². The number of thioether (sulfide) groups is 2. The summed E-state index contributed by atoms with van der Waals surface area (Å²) in [5.74, 6) is -10.0. The van der Waals surface area contributed by atoms with Crippen molar-refractivity contribution in [1.29, 1.82) is 0 Å². The largest absolute Gasteiger partial charge is 0.508 e. The van der Waals surface area contributed by atoms with Crippen LogP contribution in [0.25, 0.3) is 0 Å². The lowest BCUT2D eigenvalue weighted by Crippen LogP contribution is -2.61. The van der Waals surface area contributed by atoms with Crippen LogP contribution in [0.4, 0.5) is 0 Å². The van der Waals surface area contributed by atoms with Crippen LogP contribution < -0.4 is 59.2 Å². The molecule has 2 aliphatic heterocycles. The fourth-order valence-corrected chi connectivity index (χ4v) is 13.2. The Morgan fingerprint density at radius 2 is 1.25 bits per heavy atom. The smallest absolute Gasteiger partial charge is 0.316 e. The number of esters is 1. The number of nitrogens with zero attached hydrogens (tertiary/aromatic N) is 1. The van der Waals surface area contributed by atoms with Crippen molar-refractivity contribution in [3.05, 3.63) is 126 Å². The Hall–Kier alpha value is -9.18. The second-order valence-electron chi connectivity index (χ2n) is 24.3. The number of benzene rings is 4. The van der Waals surface area contributed by atoms with E-state index in [2.05, 4.69) is 37.2 Å². The molecule has 11 amide bonds. The molecule has 10 atom stereocenters. The highest BCUT2D eigenvalue weighted by Crippen LogP contribution is 2.40. The van der Waals surface area contributed by atoms with E-state index in [1.807, 2.05) is 68.4 Å². The first-order valence-electron chi connectivity index (χ1n) is 32.1. The summed E-state index contributed by atoms with van der Waals surface area (Å²) < 4.78 is 11.4. The number of amides is 11. The lowest BCUT2D eigenvalue weighted by atomic mass is 9.96. The Morgan fingerprint density at radius 1 is 0.625 bits per heavy atom. The maximum Gasteiger partial charge on any atom is 0.316 e. The van der Waals surface area contributed by atoms with Crippen molar-refractivity contribution in [3.8, 4) is 17.2 Å². The summed E-state index contributed by atoms with van der Waals surface area (Å²) >= 11 is 2.53. The first-order valence-corrected chi connectivity index (χ1v) is 34.3. The standard InChI is InChI=1S/C68H89N11O15S2/c1-5-41(4)60(78-65(89)51(33-42-21-25-46(80)26-22-42)74-61(85)45-16-12-20-55(96-37-45)44-23-27-48(28-24-44)94-47-17-10-7-11-18-47)67(91)73-49(29-30-56(69)81)63(87)75-52(34-57(70)82)64(88)77-53(38-95-39-59(84)93-36-43-14-8-6-9-15-43)68(92)79-31-13-19-54(79)66(90)76-50(32-40(2)3)62(86)72-35-58(71)83/h6-11,14-15,17-18,21-28,40-41,45,49-55,60,80H,5,12-13,16,19-20,29-39H2,1-4H3,(H2,69,81)(H2,70,82)(H2,71,83)(H,72,86)(H,73,91)(H,74,85)(H,75,87)(H,76,90)(H,77,88)(H,78,89). The van der Waals surface area contributed by atoms with E-state index in [-0.39, 0.29) is 66.7 Å². The van der Waals surface area contributed by atoms with Crippen LogP contribution >= 0.6 is 23.5 Å². The molecule has 0 saturated carbocycles. The molecule has 518 valence electrons. The molecule has 10 unspecified atom stereocenters. The highest BCUT2D eigenvalue weighted by molar-refractivity contribution is 8.00. The predicted octanol–water partition coefficient (Wildman–Crippen LogP) is 3.21. The zero-order chi connectivity index (χ0) is 69.8. The van der Waals surface area contributed by atoms with Gasteiger partial charge in [-0.1, -0.05) is 113 Å². The number of carbonyl (C=O) groups is 12. The number of ether oxygens (including phenoxy) is 2. The monoisotopic (exact) mass is 1360 g/mol. The van der Waals surface area contributed by atoms with Crippen molar-refractivity contribution in [2.24, 2.45) is 35.0 Å². The number of hydrogen-bond donors (Lipinski definition) is 11. The molecule has 0 radical (unpaired) electrons. The first-order chi connectivity index (χ1) is 45.9. The number of likely N-dealkylation sites (tertiary alicyclic amines) is 1. The maximum atomic E-state index is 14.7. The summed E-state index contributed by atoms with van der Waals surface area (Å²) in [5, 5.41) is 28.6. The van der Waals surface area contributed by atoms with Crippen LogP contribution in [0, 0.1) is 17.8 Å². The van der Waals surface area contributed by atoms with Gasteiger partial charge in [0.15, 0.2) is 0 Å². The molecule has 26 nitrogen and oxygen atoms in total. The second-order valence-corrected chi connectivity index (χ2v) is 26.6. The summed E-state index contributed by atoms with van der Waals surface area (Å²) in [4.78, 5) is 165. The molecule has 0 aromatic heterocycles. The van der Waals surface area contributed by atoms with E-state index in [0.717, 1.165) is 23.7 Å². The first kappa shape index (κ1) is 75.8. The van der Waals surface area contributed by atoms with Gasteiger partial charge in [0.2, 0.25) is 65.0 Å². The van der Waals surface area contributed by atoms with Crippen LogP contribution in [0.5, 0.6) is 17.2 Å². The normalized spacial score (nSPS) is 17.4. The zero-order valence-electron chi connectivity index (χ0n) is 54.4. The highest BCUT2D eigenvalue weighted by atomic mass is 32.2. The summed E-state index contributed by atoms with van der Waals surface area (Å²) in [6.07, 6.45) is 1.09. The number of rotatable bonds is 36. The molecule has 6 rings (SSSR count). The molecular weight excluding hydrogens is 1270 g/mol. The van der Waals surface area contributed by atoms with Crippen molar-refractivity contribution in [2.45, 2.75) is 152 Å². The number of carbonyl (C=O) groups excluding carboxylic acids is 12. The average Bonchev–Trinajstić information content (AvgIpc) is 1.59. The van der Waals surface area contributed by atoms with Gasteiger partial charge in [-0.2, -0.15) is 11.8 Å². The molecule has 0 aliphatic carbocycles. The number of primary amides is 3. The van der Waals surface area contributed by atoms with Gasteiger partial charge in [-0.05, 0) is 103 Å². The van der Waals surface area contributed by atoms with Crippen molar-refractivity contribution in [2.75, 3.05) is 30.3 Å². The van der Waals surface area contributed by atoms with Crippen LogP contribution in [0.1, 0.15) is 114 Å². The van der Waals surface area contributed by atoms with Crippen LogP contribution in [-0.2, 0) is 75.3 Å². The molecule has 2 saturated heterocycles. The topological polar surface area (TPSA) is 409 Å². The fraction of sp³-hybridized carbons (Fsp3) is 0.471. The minimum atomic E-state index is -1.86. The van der Waals surface area contributed by atoms with Gasteiger partial charge in [-0.3, -0.25) is 57.5 Å². The summed E-state index contributed by atoms with van der Waals surface area (Å²) in [5.41, 5.74) is 18.8. The number of phenolic OH excluding ortho intramolecular Hbond substituents is 1. The molecule has 4 aromatic rings. The molecule has 96 heavy (non-hydrogen) atoms. The minimum Gasteiger partial charge on any atom is -0.508 e. The lowest BCUT2D eigenvalue weighted by Gasteiger charge is -2.31. The molecule has 4 aromatic carbocycles.